The molecule has 1 aromatic heterocycles. The van der Waals surface area contributed by atoms with Gasteiger partial charge in [-0.25, -0.2) is 0 Å². The molecule has 0 atom stereocenters. The minimum atomic E-state index is -4.38. The van der Waals surface area contributed by atoms with Crippen molar-refractivity contribution in [3.8, 4) is 11.5 Å². The number of halogens is 3. The second-order valence-corrected chi connectivity index (χ2v) is 6.84. The first kappa shape index (κ1) is 18.4. The summed E-state index contributed by atoms with van der Waals surface area (Å²) in [5.74, 6) is 0.163. The SMILES string of the molecule is [O]c1ccc2c(N3CCC(Oc4cccc(C(F)(F)F)c4)CC3)ccnc2c1. The van der Waals surface area contributed by atoms with Crippen molar-refractivity contribution in [2.24, 2.45) is 0 Å². The molecule has 28 heavy (non-hydrogen) atoms. The van der Waals surface area contributed by atoms with Gasteiger partial charge in [-0.1, -0.05) is 6.07 Å². The number of hydrogen-bond acceptors (Lipinski definition) is 3. The molecule has 2 heterocycles. The van der Waals surface area contributed by atoms with Crippen molar-refractivity contribution >= 4 is 16.6 Å². The predicted octanol–water partition coefficient (Wildman–Crippen LogP) is 5.45. The number of aromatic nitrogens is 1. The first-order chi connectivity index (χ1) is 13.4. The van der Waals surface area contributed by atoms with Gasteiger partial charge in [0.2, 0.25) is 0 Å². The van der Waals surface area contributed by atoms with E-state index in [4.69, 9.17) is 4.74 Å². The zero-order chi connectivity index (χ0) is 19.7. The lowest BCUT2D eigenvalue weighted by atomic mass is 10.1. The van der Waals surface area contributed by atoms with E-state index in [0.717, 1.165) is 23.2 Å². The largest absolute Gasteiger partial charge is 0.490 e. The molecule has 2 aromatic carbocycles. The summed E-state index contributed by atoms with van der Waals surface area (Å²) in [6.45, 7) is 1.42. The monoisotopic (exact) mass is 387 g/mol. The normalized spacial score (nSPS) is 15.8. The van der Waals surface area contributed by atoms with Crippen LogP contribution in [0.5, 0.6) is 11.5 Å². The van der Waals surface area contributed by atoms with Crippen molar-refractivity contribution in [3.63, 3.8) is 0 Å². The van der Waals surface area contributed by atoms with Crippen LogP contribution in [-0.4, -0.2) is 24.2 Å². The highest BCUT2D eigenvalue weighted by Crippen LogP contribution is 2.33. The van der Waals surface area contributed by atoms with E-state index in [2.05, 4.69) is 9.88 Å². The van der Waals surface area contributed by atoms with Crippen LogP contribution in [-0.2, 0) is 11.3 Å². The maximum Gasteiger partial charge on any atom is 0.416 e. The van der Waals surface area contributed by atoms with E-state index in [1.54, 1.807) is 18.3 Å². The number of alkyl halides is 3. The molecule has 1 aliphatic rings. The average Bonchev–Trinajstić information content (AvgIpc) is 2.67. The minimum Gasteiger partial charge on any atom is -0.490 e. The Hall–Kier alpha value is -2.96. The molecule has 3 aromatic rings. The molecule has 0 unspecified atom stereocenters. The Morgan fingerprint density at radius 2 is 1.82 bits per heavy atom. The summed E-state index contributed by atoms with van der Waals surface area (Å²) >= 11 is 0. The van der Waals surface area contributed by atoms with E-state index in [0.29, 0.717) is 31.4 Å². The van der Waals surface area contributed by atoms with Gasteiger partial charge in [-0.3, -0.25) is 10.1 Å². The van der Waals surface area contributed by atoms with Gasteiger partial charge in [-0.05, 0) is 36.4 Å². The van der Waals surface area contributed by atoms with Gasteiger partial charge in [-0.15, -0.1) is 0 Å². The van der Waals surface area contributed by atoms with Crippen LogP contribution in [0.25, 0.3) is 10.9 Å². The first-order valence-electron chi connectivity index (χ1n) is 9.05. The van der Waals surface area contributed by atoms with Crippen LogP contribution < -0.4 is 9.64 Å². The third-order valence-electron chi connectivity index (χ3n) is 4.94. The van der Waals surface area contributed by atoms with Crippen LogP contribution in [0.3, 0.4) is 0 Å². The van der Waals surface area contributed by atoms with Crippen LogP contribution in [0.2, 0.25) is 0 Å². The molecule has 1 aliphatic heterocycles. The maximum atomic E-state index is 12.9. The Kier molecular flexibility index (Phi) is 4.75. The Balaban J connectivity index is 1.44. The zero-order valence-corrected chi connectivity index (χ0v) is 14.9. The molecule has 0 aliphatic carbocycles. The molecule has 1 fully saturated rings. The maximum absolute atomic E-state index is 12.9. The number of rotatable bonds is 3. The standard InChI is InChI=1S/C21H18F3N2O2/c22-21(23,24)14-2-1-3-17(12-14)28-16-7-10-26(11-8-16)20-6-9-25-19-13-15(27)4-5-18(19)20/h1-6,9,12-13,16H,7-8,10-11H2. The number of fused-ring (bicyclic) bond motifs is 1. The van der Waals surface area contributed by atoms with E-state index < -0.39 is 11.7 Å². The van der Waals surface area contributed by atoms with Crippen LogP contribution in [0.1, 0.15) is 18.4 Å². The summed E-state index contributed by atoms with van der Waals surface area (Å²) in [6, 6.07) is 11.7. The molecular weight excluding hydrogens is 369 g/mol. The average molecular weight is 387 g/mol. The number of benzene rings is 2. The summed E-state index contributed by atoms with van der Waals surface area (Å²) in [7, 11) is 0. The fourth-order valence-corrected chi connectivity index (χ4v) is 3.54. The van der Waals surface area contributed by atoms with Crippen LogP contribution in [0.4, 0.5) is 18.9 Å². The van der Waals surface area contributed by atoms with Gasteiger partial charge in [0.05, 0.1) is 11.1 Å². The minimum absolute atomic E-state index is 0.0784. The second-order valence-electron chi connectivity index (χ2n) is 6.84. The molecule has 0 saturated carbocycles. The number of ether oxygens (including phenoxy) is 1. The lowest BCUT2D eigenvalue weighted by molar-refractivity contribution is -0.137. The van der Waals surface area contributed by atoms with Gasteiger partial charge in [0.25, 0.3) is 0 Å². The van der Waals surface area contributed by atoms with Crippen molar-refractivity contribution in [1.82, 2.24) is 4.98 Å². The molecule has 0 amide bonds. The van der Waals surface area contributed by atoms with Crippen molar-refractivity contribution in [3.05, 3.63) is 60.3 Å². The van der Waals surface area contributed by atoms with Crippen LogP contribution in [0, 0.1) is 0 Å². The molecule has 1 radical (unpaired) electrons. The van der Waals surface area contributed by atoms with Gasteiger partial charge in [0, 0.05) is 49.3 Å². The fraction of sp³-hybridized carbons (Fsp3) is 0.286. The summed E-state index contributed by atoms with van der Waals surface area (Å²) in [6.07, 6.45) is -1.45. The van der Waals surface area contributed by atoms with Gasteiger partial charge in [-0.2, -0.15) is 13.2 Å². The first-order valence-corrected chi connectivity index (χ1v) is 9.05. The second kappa shape index (κ2) is 7.22. The summed E-state index contributed by atoms with van der Waals surface area (Å²) in [4.78, 5) is 6.45. The molecule has 145 valence electrons. The van der Waals surface area contributed by atoms with Crippen molar-refractivity contribution in [2.45, 2.75) is 25.1 Å². The molecule has 0 bridgehead atoms. The number of pyridine rings is 1. The Bertz CT molecular complexity index is 983. The molecular formula is C21H18F3N2O2. The molecule has 7 heteroatoms. The van der Waals surface area contributed by atoms with Gasteiger partial charge >= 0.3 is 6.18 Å². The molecule has 4 nitrogen and oxygen atoms in total. The predicted molar refractivity (Wildman–Crippen MR) is 99.2 cm³/mol. The highest BCUT2D eigenvalue weighted by molar-refractivity contribution is 5.92. The molecule has 0 N–H and O–H groups in total. The van der Waals surface area contributed by atoms with Crippen molar-refractivity contribution in [2.75, 3.05) is 18.0 Å². The van der Waals surface area contributed by atoms with Gasteiger partial charge < -0.3 is 9.64 Å². The van der Waals surface area contributed by atoms with Gasteiger partial charge in [0.15, 0.2) is 5.75 Å². The Morgan fingerprint density at radius 1 is 1.04 bits per heavy atom. The molecule has 4 rings (SSSR count). The number of piperidine rings is 1. The summed E-state index contributed by atoms with van der Waals surface area (Å²) in [5.41, 5.74) is 0.957. The number of nitrogens with zero attached hydrogens (tertiary/aromatic N) is 2. The number of anilines is 1. The van der Waals surface area contributed by atoms with E-state index in [-0.39, 0.29) is 17.6 Å². The van der Waals surface area contributed by atoms with E-state index >= 15 is 0 Å². The summed E-state index contributed by atoms with van der Waals surface area (Å²) < 4.78 is 44.4. The zero-order valence-electron chi connectivity index (χ0n) is 14.9. The van der Waals surface area contributed by atoms with Crippen LogP contribution in [0.15, 0.2) is 54.7 Å². The molecule has 1 saturated heterocycles. The van der Waals surface area contributed by atoms with E-state index in [9.17, 15) is 18.3 Å². The van der Waals surface area contributed by atoms with E-state index in [1.807, 2.05) is 6.07 Å². The third-order valence-corrected chi connectivity index (χ3v) is 4.94. The fourth-order valence-electron chi connectivity index (χ4n) is 3.54. The van der Waals surface area contributed by atoms with Crippen molar-refractivity contribution < 1.29 is 23.0 Å². The highest BCUT2D eigenvalue weighted by atomic mass is 19.4. The van der Waals surface area contributed by atoms with Crippen LogP contribution >= 0.6 is 0 Å². The lowest BCUT2D eigenvalue weighted by Crippen LogP contribution is -2.38. The third kappa shape index (κ3) is 3.83. The highest BCUT2D eigenvalue weighted by Gasteiger charge is 2.31. The smallest absolute Gasteiger partial charge is 0.416 e. The van der Waals surface area contributed by atoms with E-state index in [1.165, 1.54) is 18.2 Å². The number of hydrogen-bond donors (Lipinski definition) is 0. The lowest BCUT2D eigenvalue weighted by Gasteiger charge is -2.34. The van der Waals surface area contributed by atoms with Crippen molar-refractivity contribution in [1.29, 1.82) is 0 Å². The Labute approximate surface area is 160 Å². The topological polar surface area (TPSA) is 45.3 Å². The molecule has 0 spiro atoms. The Morgan fingerprint density at radius 3 is 2.57 bits per heavy atom. The van der Waals surface area contributed by atoms with Gasteiger partial charge in [0.1, 0.15) is 11.9 Å². The summed E-state index contributed by atoms with van der Waals surface area (Å²) in [5, 5.41) is 12.4. The quantitative estimate of drug-likeness (QED) is 0.601.